The zero-order valence-corrected chi connectivity index (χ0v) is 5.51. The van der Waals surface area contributed by atoms with Crippen molar-refractivity contribution in [1.29, 1.82) is 5.26 Å². The van der Waals surface area contributed by atoms with E-state index in [0.29, 0.717) is 5.92 Å². The average Bonchev–Trinajstić information content (AvgIpc) is 1.91. The van der Waals surface area contributed by atoms with Crippen molar-refractivity contribution in [2.75, 3.05) is 13.1 Å². The van der Waals surface area contributed by atoms with E-state index in [-0.39, 0.29) is 0 Å². The molecule has 1 radical (unpaired) electrons. The van der Waals surface area contributed by atoms with Gasteiger partial charge in [0.05, 0.1) is 6.07 Å². The number of piperidine rings is 1. The van der Waals surface area contributed by atoms with Crippen LogP contribution >= 0.6 is 0 Å². The Morgan fingerprint density at radius 2 is 2.11 bits per heavy atom. The smallest absolute Gasteiger partial charge is 0.0624 e. The Hall–Kier alpha value is -0.550. The Morgan fingerprint density at radius 3 is 2.67 bits per heavy atom. The first kappa shape index (κ1) is 6.57. The molecule has 1 saturated heterocycles. The summed E-state index contributed by atoms with van der Waals surface area (Å²) in [7, 11) is 0. The van der Waals surface area contributed by atoms with Gasteiger partial charge in [0.25, 0.3) is 0 Å². The van der Waals surface area contributed by atoms with Gasteiger partial charge in [-0.15, -0.1) is 0 Å². The summed E-state index contributed by atoms with van der Waals surface area (Å²) in [4.78, 5) is 0. The largest absolute Gasteiger partial charge is 0.242 e. The van der Waals surface area contributed by atoms with E-state index in [4.69, 9.17) is 5.26 Å². The predicted molar refractivity (Wildman–Crippen MR) is 34.8 cm³/mol. The number of hydrogen-bond donors (Lipinski definition) is 0. The number of nitrogens with zero attached hydrogens (tertiary/aromatic N) is 2. The van der Waals surface area contributed by atoms with Crippen LogP contribution in [0, 0.1) is 17.2 Å². The second-order valence-electron chi connectivity index (χ2n) is 2.48. The van der Waals surface area contributed by atoms with Crippen LogP contribution in [0.1, 0.15) is 19.3 Å². The number of rotatable bonds is 1. The molecule has 0 saturated carbocycles. The van der Waals surface area contributed by atoms with Crippen LogP contribution in [-0.2, 0) is 0 Å². The fourth-order valence-corrected chi connectivity index (χ4v) is 1.14. The molecule has 1 aliphatic heterocycles. The Labute approximate surface area is 55.9 Å². The van der Waals surface area contributed by atoms with Crippen LogP contribution < -0.4 is 5.32 Å². The minimum atomic E-state index is 0.646. The summed E-state index contributed by atoms with van der Waals surface area (Å²) < 4.78 is 0. The first-order valence-corrected chi connectivity index (χ1v) is 3.43. The normalized spacial score (nSPS) is 21.2. The minimum Gasteiger partial charge on any atom is -0.242 e. The van der Waals surface area contributed by atoms with Crippen molar-refractivity contribution >= 4 is 0 Å². The molecule has 0 aromatic rings. The second kappa shape index (κ2) is 3.47. The second-order valence-corrected chi connectivity index (χ2v) is 2.48. The van der Waals surface area contributed by atoms with Crippen molar-refractivity contribution < 1.29 is 0 Å². The summed E-state index contributed by atoms with van der Waals surface area (Å²) in [5, 5.41) is 12.5. The first-order chi connectivity index (χ1) is 4.43. The summed E-state index contributed by atoms with van der Waals surface area (Å²) in [6.45, 7) is 1.96. The molecule has 0 amide bonds. The van der Waals surface area contributed by atoms with Crippen molar-refractivity contribution in [2.45, 2.75) is 19.3 Å². The van der Waals surface area contributed by atoms with Gasteiger partial charge in [0.2, 0.25) is 0 Å². The van der Waals surface area contributed by atoms with E-state index in [1.54, 1.807) is 0 Å². The van der Waals surface area contributed by atoms with Gasteiger partial charge in [-0.2, -0.15) is 5.26 Å². The average molecular weight is 123 g/mol. The third kappa shape index (κ3) is 2.03. The van der Waals surface area contributed by atoms with Crippen molar-refractivity contribution in [2.24, 2.45) is 5.92 Å². The number of nitriles is 1. The molecule has 2 heteroatoms. The Balaban J connectivity index is 2.17. The highest BCUT2D eigenvalue weighted by molar-refractivity contribution is 4.78. The third-order valence-electron chi connectivity index (χ3n) is 1.77. The van der Waals surface area contributed by atoms with Gasteiger partial charge in [-0.25, -0.2) is 5.32 Å². The molecular weight excluding hydrogens is 112 g/mol. The van der Waals surface area contributed by atoms with E-state index in [2.05, 4.69) is 11.4 Å². The first-order valence-electron chi connectivity index (χ1n) is 3.43. The Kier molecular flexibility index (Phi) is 2.53. The van der Waals surface area contributed by atoms with Crippen molar-refractivity contribution in [3.63, 3.8) is 0 Å². The van der Waals surface area contributed by atoms with Crippen LogP contribution in [0.15, 0.2) is 0 Å². The summed E-state index contributed by atoms with van der Waals surface area (Å²) in [5.41, 5.74) is 0. The van der Waals surface area contributed by atoms with Crippen LogP contribution in [0.2, 0.25) is 0 Å². The molecule has 1 heterocycles. The predicted octanol–water partition coefficient (Wildman–Crippen LogP) is 0.914. The van der Waals surface area contributed by atoms with Gasteiger partial charge in [-0.3, -0.25) is 0 Å². The van der Waals surface area contributed by atoms with Gasteiger partial charge in [-0.1, -0.05) is 0 Å². The monoisotopic (exact) mass is 123 g/mol. The quantitative estimate of drug-likeness (QED) is 0.510. The highest BCUT2D eigenvalue weighted by Crippen LogP contribution is 2.14. The van der Waals surface area contributed by atoms with E-state index < -0.39 is 0 Å². The van der Waals surface area contributed by atoms with Crippen LogP contribution in [-0.4, -0.2) is 13.1 Å². The molecule has 0 spiro atoms. The lowest BCUT2D eigenvalue weighted by atomic mass is 9.96. The molecule has 1 aliphatic rings. The molecule has 0 aliphatic carbocycles. The van der Waals surface area contributed by atoms with E-state index in [1.807, 2.05) is 0 Å². The van der Waals surface area contributed by atoms with Gasteiger partial charge in [0.1, 0.15) is 0 Å². The Bertz CT molecular complexity index is 109. The van der Waals surface area contributed by atoms with E-state index >= 15 is 0 Å². The lowest BCUT2D eigenvalue weighted by Crippen LogP contribution is -2.21. The molecule has 49 valence electrons. The minimum absolute atomic E-state index is 0.646. The van der Waals surface area contributed by atoms with E-state index in [9.17, 15) is 0 Å². The van der Waals surface area contributed by atoms with E-state index in [0.717, 1.165) is 32.4 Å². The lowest BCUT2D eigenvalue weighted by Gasteiger charge is -2.17. The fraction of sp³-hybridized carbons (Fsp3) is 0.857. The molecule has 0 aromatic carbocycles. The highest BCUT2D eigenvalue weighted by Gasteiger charge is 2.11. The topological polar surface area (TPSA) is 37.9 Å². The molecular formula is C7H11N2. The van der Waals surface area contributed by atoms with Gasteiger partial charge in [0.15, 0.2) is 0 Å². The standard InChI is InChI=1S/C7H11N2/c8-4-1-7-2-5-9-6-3-7/h7H,1-3,5-6H2. The van der Waals surface area contributed by atoms with Crippen molar-refractivity contribution in [3.8, 4) is 6.07 Å². The molecule has 0 bridgehead atoms. The zero-order valence-electron chi connectivity index (χ0n) is 5.51. The maximum Gasteiger partial charge on any atom is 0.0624 e. The van der Waals surface area contributed by atoms with Crippen LogP contribution in [0.4, 0.5) is 0 Å². The van der Waals surface area contributed by atoms with Crippen molar-refractivity contribution in [3.05, 3.63) is 0 Å². The van der Waals surface area contributed by atoms with Gasteiger partial charge in [-0.05, 0) is 18.8 Å². The molecule has 0 unspecified atom stereocenters. The summed E-state index contributed by atoms with van der Waals surface area (Å²) in [6.07, 6.45) is 3.00. The molecule has 0 atom stereocenters. The summed E-state index contributed by atoms with van der Waals surface area (Å²) >= 11 is 0. The summed E-state index contributed by atoms with van der Waals surface area (Å²) in [6, 6.07) is 2.20. The molecule has 1 rings (SSSR count). The third-order valence-corrected chi connectivity index (χ3v) is 1.77. The SMILES string of the molecule is N#CCC1CC[N]CC1. The molecule has 0 N–H and O–H groups in total. The maximum atomic E-state index is 8.34. The molecule has 2 nitrogen and oxygen atoms in total. The van der Waals surface area contributed by atoms with Gasteiger partial charge in [0, 0.05) is 19.5 Å². The highest BCUT2D eigenvalue weighted by atomic mass is 14.9. The van der Waals surface area contributed by atoms with Crippen LogP contribution in [0.5, 0.6) is 0 Å². The van der Waals surface area contributed by atoms with Crippen LogP contribution in [0.25, 0.3) is 0 Å². The van der Waals surface area contributed by atoms with E-state index in [1.165, 1.54) is 0 Å². The molecule has 9 heavy (non-hydrogen) atoms. The molecule has 0 aromatic heterocycles. The van der Waals surface area contributed by atoms with Gasteiger partial charge >= 0.3 is 0 Å². The fourth-order valence-electron chi connectivity index (χ4n) is 1.14. The lowest BCUT2D eigenvalue weighted by molar-refractivity contribution is 0.375. The Morgan fingerprint density at radius 1 is 1.44 bits per heavy atom. The molecule has 1 fully saturated rings. The summed E-state index contributed by atoms with van der Waals surface area (Å²) in [5.74, 6) is 0.646. The number of hydrogen-bond acceptors (Lipinski definition) is 1. The zero-order chi connectivity index (χ0) is 6.53. The van der Waals surface area contributed by atoms with Crippen molar-refractivity contribution in [1.82, 2.24) is 5.32 Å². The van der Waals surface area contributed by atoms with Gasteiger partial charge < -0.3 is 0 Å². The van der Waals surface area contributed by atoms with Crippen LogP contribution in [0.3, 0.4) is 0 Å². The maximum absolute atomic E-state index is 8.34.